The van der Waals surface area contributed by atoms with Crippen molar-refractivity contribution in [3.63, 3.8) is 0 Å². The number of hydrogen-bond acceptors (Lipinski definition) is 4. The lowest BCUT2D eigenvalue weighted by Crippen LogP contribution is -2.09. The Bertz CT molecular complexity index is 1110. The van der Waals surface area contributed by atoms with Crippen molar-refractivity contribution >= 4 is 33.5 Å². The third-order valence-corrected chi connectivity index (χ3v) is 4.02. The van der Waals surface area contributed by atoms with Crippen LogP contribution in [0.25, 0.3) is 21.8 Å². The zero-order chi connectivity index (χ0) is 17.4. The molecule has 0 aliphatic carbocycles. The second-order valence-electron chi connectivity index (χ2n) is 5.54. The van der Waals surface area contributed by atoms with Crippen LogP contribution < -0.4 is 4.74 Å². The van der Waals surface area contributed by atoms with Crippen LogP contribution in [-0.4, -0.2) is 15.9 Å². The summed E-state index contributed by atoms with van der Waals surface area (Å²) in [6, 6.07) is 18.6. The molecule has 1 heterocycles. The van der Waals surface area contributed by atoms with Crippen LogP contribution in [0, 0.1) is 10.1 Å². The van der Waals surface area contributed by atoms with Crippen LogP contribution in [0.5, 0.6) is 5.75 Å². The van der Waals surface area contributed by atoms with Gasteiger partial charge in [0.15, 0.2) is 0 Å². The van der Waals surface area contributed by atoms with E-state index in [2.05, 4.69) is 4.98 Å². The Morgan fingerprint density at radius 1 is 0.920 bits per heavy atom. The van der Waals surface area contributed by atoms with Crippen LogP contribution in [0.4, 0.5) is 5.69 Å². The maximum atomic E-state index is 12.5. The molecule has 6 heteroatoms. The predicted octanol–water partition coefficient (Wildman–Crippen LogP) is 4.45. The molecule has 122 valence electrons. The molecule has 4 rings (SSSR count). The van der Waals surface area contributed by atoms with E-state index in [1.165, 1.54) is 24.3 Å². The number of non-ortho nitro benzene ring substituents is 1. The molecule has 1 aromatic heterocycles. The quantitative estimate of drug-likeness (QED) is 0.260. The van der Waals surface area contributed by atoms with Gasteiger partial charge in [0, 0.05) is 28.4 Å². The van der Waals surface area contributed by atoms with Crippen molar-refractivity contribution in [2.45, 2.75) is 0 Å². The smallest absolute Gasteiger partial charge is 0.345 e. The van der Waals surface area contributed by atoms with Crippen LogP contribution in [0.15, 0.2) is 66.7 Å². The number of nitrogens with zero attached hydrogens (tertiary/aromatic N) is 1. The van der Waals surface area contributed by atoms with E-state index in [4.69, 9.17) is 4.74 Å². The van der Waals surface area contributed by atoms with Crippen LogP contribution in [-0.2, 0) is 0 Å². The second-order valence-corrected chi connectivity index (χ2v) is 5.54. The van der Waals surface area contributed by atoms with Gasteiger partial charge in [-0.15, -0.1) is 0 Å². The summed E-state index contributed by atoms with van der Waals surface area (Å²) in [4.78, 5) is 26.0. The van der Waals surface area contributed by atoms with Gasteiger partial charge in [0.2, 0.25) is 0 Å². The van der Waals surface area contributed by atoms with Crippen LogP contribution >= 0.6 is 0 Å². The molecule has 0 unspecified atom stereocenters. The average Bonchev–Trinajstić information content (AvgIpc) is 3.00. The Morgan fingerprint density at radius 3 is 2.40 bits per heavy atom. The minimum Gasteiger partial charge on any atom is -0.423 e. The van der Waals surface area contributed by atoms with Gasteiger partial charge in [0.05, 0.1) is 16.0 Å². The van der Waals surface area contributed by atoms with Gasteiger partial charge < -0.3 is 9.72 Å². The molecule has 3 aromatic carbocycles. The average molecular weight is 332 g/mol. The highest BCUT2D eigenvalue weighted by molar-refractivity contribution is 6.14. The minimum atomic E-state index is -0.522. The fourth-order valence-electron chi connectivity index (χ4n) is 2.84. The zero-order valence-electron chi connectivity index (χ0n) is 12.9. The molecule has 0 aliphatic rings. The standard InChI is InChI=1S/C19H12N2O4/c22-19(25-13-10-8-12(9-11-13)21(23)24)16-6-3-5-15-14-4-1-2-7-17(14)20-18(15)16/h1-11,20H. The molecule has 0 radical (unpaired) electrons. The summed E-state index contributed by atoms with van der Waals surface area (Å²) >= 11 is 0. The van der Waals surface area contributed by atoms with E-state index < -0.39 is 10.9 Å². The maximum Gasteiger partial charge on any atom is 0.345 e. The summed E-state index contributed by atoms with van der Waals surface area (Å²) in [6.07, 6.45) is 0. The van der Waals surface area contributed by atoms with E-state index in [-0.39, 0.29) is 11.4 Å². The number of ether oxygens (including phenoxy) is 1. The van der Waals surface area contributed by atoms with Crippen molar-refractivity contribution in [1.82, 2.24) is 4.98 Å². The highest BCUT2D eigenvalue weighted by Crippen LogP contribution is 2.28. The predicted molar refractivity (Wildman–Crippen MR) is 93.9 cm³/mol. The Labute approximate surface area is 141 Å². The topological polar surface area (TPSA) is 85.2 Å². The number of hydrogen-bond donors (Lipinski definition) is 1. The van der Waals surface area contributed by atoms with Crippen molar-refractivity contribution in [2.24, 2.45) is 0 Å². The zero-order valence-corrected chi connectivity index (χ0v) is 12.9. The van der Waals surface area contributed by atoms with Crippen molar-refractivity contribution in [3.05, 3.63) is 82.4 Å². The molecule has 0 fully saturated rings. The number of nitro benzene ring substituents is 1. The Hall–Kier alpha value is -3.67. The van der Waals surface area contributed by atoms with Crippen LogP contribution in [0.2, 0.25) is 0 Å². The summed E-state index contributed by atoms with van der Waals surface area (Å²) in [7, 11) is 0. The molecule has 0 aliphatic heterocycles. The molecule has 0 saturated heterocycles. The highest BCUT2D eigenvalue weighted by Gasteiger charge is 2.16. The van der Waals surface area contributed by atoms with Crippen molar-refractivity contribution in [3.8, 4) is 5.75 Å². The largest absolute Gasteiger partial charge is 0.423 e. The fourth-order valence-corrected chi connectivity index (χ4v) is 2.84. The van der Waals surface area contributed by atoms with E-state index in [1.54, 1.807) is 12.1 Å². The number of nitro groups is 1. The van der Waals surface area contributed by atoms with Gasteiger partial charge in [-0.1, -0.05) is 30.3 Å². The number of carbonyl (C=O) groups is 1. The van der Waals surface area contributed by atoms with Gasteiger partial charge in [-0.2, -0.15) is 0 Å². The third-order valence-electron chi connectivity index (χ3n) is 4.02. The van der Waals surface area contributed by atoms with Gasteiger partial charge in [-0.05, 0) is 24.3 Å². The number of para-hydroxylation sites is 2. The SMILES string of the molecule is O=C(Oc1ccc([N+](=O)[O-])cc1)c1cccc2c1[nH]c1ccccc12. The lowest BCUT2D eigenvalue weighted by atomic mass is 10.1. The fraction of sp³-hybridized carbons (Fsp3) is 0. The lowest BCUT2D eigenvalue weighted by molar-refractivity contribution is -0.384. The first kappa shape index (κ1) is 14.9. The molecular formula is C19H12N2O4. The molecule has 4 aromatic rings. The maximum absolute atomic E-state index is 12.5. The van der Waals surface area contributed by atoms with Gasteiger partial charge >= 0.3 is 5.97 Å². The van der Waals surface area contributed by atoms with E-state index in [9.17, 15) is 14.9 Å². The Morgan fingerprint density at radius 2 is 1.64 bits per heavy atom. The molecule has 25 heavy (non-hydrogen) atoms. The molecule has 0 saturated carbocycles. The molecule has 0 amide bonds. The number of carbonyl (C=O) groups excluding carboxylic acids is 1. The first-order valence-electron chi connectivity index (χ1n) is 7.59. The van der Waals surface area contributed by atoms with Gasteiger partial charge in [0.25, 0.3) is 5.69 Å². The molecule has 0 atom stereocenters. The first-order valence-corrected chi connectivity index (χ1v) is 7.59. The number of esters is 1. The van der Waals surface area contributed by atoms with E-state index >= 15 is 0 Å². The van der Waals surface area contributed by atoms with E-state index in [1.807, 2.05) is 30.3 Å². The molecule has 1 N–H and O–H groups in total. The number of aromatic nitrogens is 1. The van der Waals surface area contributed by atoms with Crippen LogP contribution in [0.3, 0.4) is 0 Å². The number of nitrogens with one attached hydrogen (secondary N) is 1. The van der Waals surface area contributed by atoms with E-state index in [0.29, 0.717) is 11.1 Å². The second kappa shape index (κ2) is 5.76. The summed E-state index contributed by atoms with van der Waals surface area (Å²) in [6.45, 7) is 0. The van der Waals surface area contributed by atoms with Crippen molar-refractivity contribution in [2.75, 3.05) is 0 Å². The monoisotopic (exact) mass is 332 g/mol. The van der Waals surface area contributed by atoms with Crippen molar-refractivity contribution < 1.29 is 14.5 Å². The molecular weight excluding hydrogens is 320 g/mol. The van der Waals surface area contributed by atoms with E-state index in [0.717, 1.165) is 16.3 Å². The van der Waals surface area contributed by atoms with Crippen LogP contribution in [0.1, 0.15) is 10.4 Å². The number of rotatable bonds is 3. The minimum absolute atomic E-state index is 0.0579. The number of aromatic amines is 1. The molecule has 0 bridgehead atoms. The molecule has 0 spiro atoms. The Balaban J connectivity index is 1.71. The number of H-pyrrole nitrogens is 1. The number of benzene rings is 3. The lowest BCUT2D eigenvalue weighted by Gasteiger charge is -2.05. The Kier molecular flexibility index (Phi) is 3.43. The summed E-state index contributed by atoms with van der Waals surface area (Å²) in [5, 5.41) is 12.6. The number of fused-ring (bicyclic) bond motifs is 3. The third kappa shape index (κ3) is 2.59. The highest BCUT2D eigenvalue weighted by atomic mass is 16.6. The van der Waals surface area contributed by atoms with Crippen molar-refractivity contribution in [1.29, 1.82) is 0 Å². The summed E-state index contributed by atoms with van der Waals surface area (Å²) in [5.41, 5.74) is 1.99. The van der Waals surface area contributed by atoms with Gasteiger partial charge in [0.1, 0.15) is 5.75 Å². The van der Waals surface area contributed by atoms with Gasteiger partial charge in [-0.25, -0.2) is 4.79 Å². The summed E-state index contributed by atoms with van der Waals surface area (Å²) < 4.78 is 5.36. The van der Waals surface area contributed by atoms with Gasteiger partial charge in [-0.3, -0.25) is 10.1 Å². The summed E-state index contributed by atoms with van der Waals surface area (Å²) in [5.74, 6) is -0.269. The first-order chi connectivity index (χ1) is 12.1. The molecule has 6 nitrogen and oxygen atoms in total. The normalized spacial score (nSPS) is 10.9.